The Labute approximate surface area is 175 Å². The molecule has 0 amide bonds. The van der Waals surface area contributed by atoms with E-state index >= 15 is 0 Å². The second kappa shape index (κ2) is 7.75. The molecule has 0 spiro atoms. The molecule has 0 aliphatic rings. The number of hydrogen-bond acceptors (Lipinski definition) is 5. The number of imidazole rings is 1. The number of carboxylic acid groups (broad SMARTS) is 1. The first kappa shape index (κ1) is 20.4. The van der Waals surface area contributed by atoms with Crippen LogP contribution in [0.1, 0.15) is 13.8 Å². The first-order chi connectivity index (χ1) is 14.7. The van der Waals surface area contributed by atoms with Crippen molar-refractivity contribution in [3.63, 3.8) is 0 Å². The molecule has 0 saturated heterocycles. The van der Waals surface area contributed by atoms with Crippen molar-refractivity contribution < 1.29 is 23.4 Å². The number of halogens is 2. The number of ether oxygens (including phenoxy) is 1. The topological polar surface area (TPSA) is 101 Å². The minimum Gasteiger partial charge on any atom is -0.481 e. The molecule has 0 atom stereocenters. The Morgan fingerprint density at radius 3 is 2.42 bits per heavy atom. The van der Waals surface area contributed by atoms with Gasteiger partial charge in [0.15, 0.2) is 11.6 Å². The molecular weight excluding hydrogens is 406 g/mol. The molecule has 0 aliphatic carbocycles. The van der Waals surface area contributed by atoms with Gasteiger partial charge in [0, 0.05) is 41.7 Å². The first-order valence-corrected chi connectivity index (χ1v) is 9.37. The van der Waals surface area contributed by atoms with Gasteiger partial charge in [0.05, 0.1) is 22.1 Å². The van der Waals surface area contributed by atoms with Crippen molar-refractivity contribution in [2.75, 3.05) is 6.61 Å². The molecule has 4 aromatic rings. The molecule has 3 aromatic heterocycles. The van der Waals surface area contributed by atoms with Gasteiger partial charge in [-0.05, 0) is 32.0 Å². The summed E-state index contributed by atoms with van der Waals surface area (Å²) in [5.41, 5.74) is 1.75. The third-order valence-corrected chi connectivity index (χ3v) is 4.75. The van der Waals surface area contributed by atoms with Gasteiger partial charge in [-0.1, -0.05) is 0 Å². The van der Waals surface area contributed by atoms with E-state index in [1.54, 1.807) is 50.5 Å². The lowest BCUT2D eigenvalue weighted by molar-refractivity contribution is -0.148. The molecule has 0 bridgehead atoms. The Kier molecular flexibility index (Phi) is 5.10. The molecule has 0 fully saturated rings. The number of rotatable bonds is 6. The number of fused-ring (bicyclic) bond motifs is 1. The maximum Gasteiger partial charge on any atom is 0.312 e. The van der Waals surface area contributed by atoms with Gasteiger partial charge in [0.25, 0.3) is 0 Å². The highest BCUT2D eigenvalue weighted by molar-refractivity contribution is 5.79. The fraction of sp³-hybridized carbons (Fsp3) is 0.182. The molecule has 3 heterocycles. The predicted molar refractivity (Wildman–Crippen MR) is 109 cm³/mol. The zero-order valence-electron chi connectivity index (χ0n) is 16.7. The second-order valence-corrected chi connectivity index (χ2v) is 7.66. The number of aromatic amines is 1. The summed E-state index contributed by atoms with van der Waals surface area (Å²) in [5.74, 6) is -2.08. The minimum atomic E-state index is -1.02. The summed E-state index contributed by atoms with van der Waals surface area (Å²) in [4.78, 5) is 27.0. The third kappa shape index (κ3) is 4.20. The molecule has 1 aromatic carbocycles. The predicted octanol–water partition coefficient (Wildman–Crippen LogP) is 4.45. The van der Waals surface area contributed by atoms with Gasteiger partial charge in [-0.2, -0.15) is 0 Å². The highest BCUT2D eigenvalue weighted by Crippen LogP contribution is 2.25. The highest BCUT2D eigenvalue weighted by atomic mass is 19.2. The molecule has 0 radical (unpaired) electrons. The third-order valence-electron chi connectivity index (χ3n) is 4.75. The van der Waals surface area contributed by atoms with E-state index in [4.69, 9.17) is 9.84 Å². The number of nitrogens with one attached hydrogen (secondary N) is 1. The minimum absolute atomic E-state index is 0.00702. The van der Waals surface area contributed by atoms with Crippen molar-refractivity contribution in [2.45, 2.75) is 13.8 Å². The van der Waals surface area contributed by atoms with Gasteiger partial charge in [-0.25, -0.2) is 18.7 Å². The Hall–Kier alpha value is -3.88. The average molecular weight is 424 g/mol. The summed E-state index contributed by atoms with van der Waals surface area (Å²) in [6, 6.07) is 9.08. The zero-order chi connectivity index (χ0) is 22.2. The Morgan fingerprint density at radius 2 is 1.77 bits per heavy atom. The van der Waals surface area contributed by atoms with Crippen LogP contribution in [0.25, 0.3) is 33.7 Å². The molecule has 9 heteroatoms. The number of aliphatic carboxylic acids is 1. The number of benzene rings is 1. The molecular formula is C22H18F2N4O3. The number of hydrogen-bond donors (Lipinski definition) is 2. The van der Waals surface area contributed by atoms with E-state index in [2.05, 4.69) is 19.9 Å². The van der Waals surface area contributed by atoms with Gasteiger partial charge < -0.3 is 14.8 Å². The highest BCUT2D eigenvalue weighted by Gasteiger charge is 2.28. The summed E-state index contributed by atoms with van der Waals surface area (Å²) in [6.45, 7) is 3.14. The summed E-state index contributed by atoms with van der Waals surface area (Å²) >= 11 is 0. The quantitative estimate of drug-likeness (QED) is 0.474. The summed E-state index contributed by atoms with van der Waals surface area (Å²) < 4.78 is 32.3. The first-order valence-electron chi connectivity index (χ1n) is 9.37. The second-order valence-electron chi connectivity index (χ2n) is 7.66. The van der Waals surface area contributed by atoms with Crippen LogP contribution in [0.15, 0.2) is 48.8 Å². The van der Waals surface area contributed by atoms with Crippen molar-refractivity contribution in [1.29, 1.82) is 0 Å². The number of carboxylic acids is 1. The molecule has 2 N–H and O–H groups in total. The molecule has 31 heavy (non-hydrogen) atoms. The van der Waals surface area contributed by atoms with E-state index in [1.807, 2.05) is 0 Å². The van der Waals surface area contributed by atoms with E-state index in [1.165, 1.54) is 0 Å². The van der Waals surface area contributed by atoms with Crippen LogP contribution in [0.4, 0.5) is 8.78 Å². The molecule has 158 valence electrons. The lowest BCUT2D eigenvalue weighted by atomic mass is 9.95. The van der Waals surface area contributed by atoms with Crippen molar-refractivity contribution in [3.05, 3.63) is 60.4 Å². The van der Waals surface area contributed by atoms with E-state index in [-0.39, 0.29) is 6.61 Å². The SMILES string of the molecule is CC(C)(COc1ccc(-c2ccc(-c3nc4cc(F)c(F)cc4[nH]3)cn2)cn1)C(=O)O. The fourth-order valence-electron chi connectivity index (χ4n) is 2.78. The van der Waals surface area contributed by atoms with E-state index in [9.17, 15) is 13.6 Å². The van der Waals surface area contributed by atoms with Gasteiger partial charge >= 0.3 is 5.97 Å². The Morgan fingerprint density at radius 1 is 1.06 bits per heavy atom. The lowest BCUT2D eigenvalue weighted by Gasteiger charge is -2.18. The van der Waals surface area contributed by atoms with Gasteiger partial charge in [-0.3, -0.25) is 9.78 Å². The summed E-state index contributed by atoms with van der Waals surface area (Å²) in [7, 11) is 0. The molecule has 4 rings (SSSR count). The number of H-pyrrole nitrogens is 1. The van der Waals surface area contributed by atoms with Crippen LogP contribution in [0, 0.1) is 17.0 Å². The van der Waals surface area contributed by atoms with Crippen LogP contribution < -0.4 is 4.74 Å². The van der Waals surface area contributed by atoms with E-state index < -0.39 is 23.0 Å². The zero-order valence-corrected chi connectivity index (χ0v) is 16.7. The maximum absolute atomic E-state index is 13.4. The van der Waals surface area contributed by atoms with Crippen molar-refractivity contribution in [3.8, 4) is 28.5 Å². The van der Waals surface area contributed by atoms with Crippen LogP contribution in [-0.2, 0) is 4.79 Å². The standard InChI is InChI=1S/C22H18F2N4O3/c1-22(2,21(29)30)11-31-19-6-4-12(9-26-19)16-5-3-13(10-25-16)20-27-17-7-14(23)15(24)8-18(17)28-20/h3-10H,11H2,1-2H3,(H,27,28)(H,29,30). The number of pyridine rings is 2. The van der Waals surface area contributed by atoms with E-state index in [0.717, 1.165) is 17.7 Å². The largest absolute Gasteiger partial charge is 0.481 e. The average Bonchev–Trinajstić information content (AvgIpc) is 3.16. The fourth-order valence-corrected chi connectivity index (χ4v) is 2.78. The van der Waals surface area contributed by atoms with Crippen molar-refractivity contribution >= 4 is 17.0 Å². The Bertz CT molecular complexity index is 1210. The number of carbonyl (C=O) groups is 1. The smallest absolute Gasteiger partial charge is 0.312 e. The van der Waals surface area contributed by atoms with Crippen molar-refractivity contribution in [1.82, 2.24) is 19.9 Å². The van der Waals surface area contributed by atoms with Gasteiger partial charge in [-0.15, -0.1) is 0 Å². The van der Waals surface area contributed by atoms with Gasteiger partial charge in [0.2, 0.25) is 5.88 Å². The number of nitrogens with zero attached hydrogens (tertiary/aromatic N) is 3. The van der Waals surface area contributed by atoms with Crippen LogP contribution in [0.3, 0.4) is 0 Å². The van der Waals surface area contributed by atoms with Crippen molar-refractivity contribution in [2.24, 2.45) is 5.41 Å². The maximum atomic E-state index is 13.4. The molecule has 0 saturated carbocycles. The Balaban J connectivity index is 1.50. The van der Waals surface area contributed by atoms with E-state index in [0.29, 0.717) is 34.0 Å². The monoisotopic (exact) mass is 424 g/mol. The van der Waals surface area contributed by atoms with Crippen LogP contribution >= 0.6 is 0 Å². The number of aromatic nitrogens is 4. The molecule has 7 nitrogen and oxygen atoms in total. The molecule has 0 unspecified atom stereocenters. The lowest BCUT2D eigenvalue weighted by Crippen LogP contribution is -2.30. The molecule has 0 aliphatic heterocycles. The normalized spacial score (nSPS) is 11.6. The van der Waals surface area contributed by atoms with Crippen LogP contribution in [-0.4, -0.2) is 37.6 Å². The summed E-state index contributed by atoms with van der Waals surface area (Å²) in [5, 5.41) is 9.13. The van der Waals surface area contributed by atoms with Crippen LogP contribution in [0.5, 0.6) is 5.88 Å². The van der Waals surface area contributed by atoms with Gasteiger partial charge in [0.1, 0.15) is 12.4 Å². The summed E-state index contributed by atoms with van der Waals surface area (Å²) in [6.07, 6.45) is 3.18. The van der Waals surface area contributed by atoms with Crippen LogP contribution in [0.2, 0.25) is 0 Å².